The van der Waals surface area contributed by atoms with E-state index >= 15 is 0 Å². The van der Waals surface area contributed by atoms with E-state index < -0.39 is 0 Å². The molecule has 1 N–H and O–H groups in total. The standard InChI is InChI=1S/C28H27NO6/c1-17(12-28(30)29-24-13-20(32-3)10-11-25(24)33-4)21-14-22-23(16-35-27(22)15-26(21)34-5)18-6-8-19(31-2)9-7-18/h6-16H,1-5H3,(H,29,30)/b17-12+. The van der Waals surface area contributed by atoms with Gasteiger partial charge in [-0.05, 0) is 48.4 Å². The maximum absolute atomic E-state index is 12.9. The van der Waals surface area contributed by atoms with Crippen molar-refractivity contribution in [3.8, 4) is 34.1 Å². The van der Waals surface area contributed by atoms with Crippen molar-refractivity contribution in [3.05, 3.63) is 72.5 Å². The minimum absolute atomic E-state index is 0.307. The first-order chi connectivity index (χ1) is 17.0. The molecule has 35 heavy (non-hydrogen) atoms. The van der Waals surface area contributed by atoms with E-state index in [0.717, 1.165) is 33.4 Å². The zero-order valence-electron chi connectivity index (χ0n) is 20.3. The summed E-state index contributed by atoms with van der Waals surface area (Å²) in [6.07, 6.45) is 3.24. The summed E-state index contributed by atoms with van der Waals surface area (Å²) in [4.78, 5) is 12.9. The van der Waals surface area contributed by atoms with Gasteiger partial charge < -0.3 is 28.7 Å². The molecule has 0 unspecified atom stereocenters. The zero-order valence-corrected chi connectivity index (χ0v) is 20.3. The maximum Gasteiger partial charge on any atom is 0.248 e. The van der Waals surface area contributed by atoms with Gasteiger partial charge in [0.1, 0.15) is 28.6 Å². The van der Waals surface area contributed by atoms with Gasteiger partial charge in [0.2, 0.25) is 5.91 Å². The van der Waals surface area contributed by atoms with Crippen LogP contribution in [0.4, 0.5) is 5.69 Å². The molecule has 1 aromatic heterocycles. The Kier molecular flexibility index (Phi) is 6.96. The Morgan fingerprint density at radius 2 is 1.51 bits per heavy atom. The average Bonchev–Trinajstić information content (AvgIpc) is 3.30. The van der Waals surface area contributed by atoms with Crippen LogP contribution >= 0.6 is 0 Å². The van der Waals surface area contributed by atoms with Crippen LogP contribution in [0.15, 0.2) is 71.4 Å². The van der Waals surface area contributed by atoms with Crippen LogP contribution in [-0.4, -0.2) is 34.3 Å². The molecule has 0 saturated heterocycles. The first-order valence-corrected chi connectivity index (χ1v) is 10.9. The summed E-state index contributed by atoms with van der Waals surface area (Å²) in [5, 5.41) is 3.77. The van der Waals surface area contributed by atoms with Gasteiger partial charge in [0, 0.05) is 34.7 Å². The lowest BCUT2D eigenvalue weighted by Crippen LogP contribution is -2.10. The van der Waals surface area contributed by atoms with Gasteiger partial charge in [0.15, 0.2) is 0 Å². The fourth-order valence-corrected chi connectivity index (χ4v) is 3.88. The van der Waals surface area contributed by atoms with Crippen LogP contribution in [0.2, 0.25) is 0 Å². The highest BCUT2D eigenvalue weighted by Crippen LogP contribution is 2.38. The number of fused-ring (bicyclic) bond motifs is 1. The van der Waals surface area contributed by atoms with Gasteiger partial charge in [-0.1, -0.05) is 12.1 Å². The number of carbonyl (C=O) groups excluding carboxylic acids is 1. The molecule has 0 aliphatic heterocycles. The van der Waals surface area contributed by atoms with Crippen LogP contribution < -0.4 is 24.3 Å². The van der Waals surface area contributed by atoms with Crippen LogP contribution in [0.1, 0.15) is 12.5 Å². The van der Waals surface area contributed by atoms with Gasteiger partial charge in [0.05, 0.1) is 40.4 Å². The highest BCUT2D eigenvalue weighted by atomic mass is 16.5. The quantitative estimate of drug-likeness (QED) is 0.308. The molecule has 180 valence electrons. The second-order valence-corrected chi connectivity index (χ2v) is 7.81. The Bertz CT molecular complexity index is 1380. The minimum Gasteiger partial charge on any atom is -0.497 e. The van der Waals surface area contributed by atoms with Crippen LogP contribution in [0.5, 0.6) is 23.0 Å². The summed E-state index contributed by atoms with van der Waals surface area (Å²) in [6, 6.07) is 16.8. The van der Waals surface area contributed by atoms with Gasteiger partial charge in [-0.15, -0.1) is 0 Å². The number of amides is 1. The van der Waals surface area contributed by atoms with E-state index in [9.17, 15) is 4.79 Å². The van der Waals surface area contributed by atoms with Gasteiger partial charge >= 0.3 is 0 Å². The molecule has 0 atom stereocenters. The van der Waals surface area contributed by atoms with Crippen molar-refractivity contribution in [1.82, 2.24) is 0 Å². The lowest BCUT2D eigenvalue weighted by molar-refractivity contribution is -0.111. The molecule has 0 bridgehead atoms. The summed E-state index contributed by atoms with van der Waals surface area (Å²) in [5.74, 6) is 2.22. The van der Waals surface area contributed by atoms with E-state index in [1.165, 1.54) is 6.08 Å². The first kappa shape index (κ1) is 23.8. The molecule has 1 heterocycles. The number of ether oxygens (including phenoxy) is 4. The van der Waals surface area contributed by atoms with Crippen LogP contribution in [0, 0.1) is 0 Å². The summed E-state index contributed by atoms with van der Waals surface area (Å²) in [5.41, 5.74) is 4.64. The Labute approximate surface area is 203 Å². The Morgan fingerprint density at radius 3 is 2.17 bits per heavy atom. The molecule has 7 heteroatoms. The largest absolute Gasteiger partial charge is 0.497 e. The van der Waals surface area contributed by atoms with E-state index in [-0.39, 0.29) is 5.91 Å². The predicted molar refractivity (Wildman–Crippen MR) is 137 cm³/mol. The molecule has 4 aromatic rings. The number of rotatable bonds is 8. The molecular formula is C28H27NO6. The van der Waals surface area contributed by atoms with Crippen molar-refractivity contribution in [1.29, 1.82) is 0 Å². The lowest BCUT2D eigenvalue weighted by atomic mass is 9.99. The van der Waals surface area contributed by atoms with E-state index in [1.807, 2.05) is 43.3 Å². The molecule has 0 radical (unpaired) electrons. The van der Waals surface area contributed by atoms with Crippen molar-refractivity contribution in [3.63, 3.8) is 0 Å². The maximum atomic E-state index is 12.9. The smallest absolute Gasteiger partial charge is 0.248 e. The lowest BCUT2D eigenvalue weighted by Gasteiger charge is -2.12. The predicted octanol–water partition coefficient (Wildman–Crippen LogP) is 6.18. The molecule has 0 fully saturated rings. The normalized spacial score (nSPS) is 11.3. The first-order valence-electron chi connectivity index (χ1n) is 10.9. The summed E-state index contributed by atoms with van der Waals surface area (Å²) >= 11 is 0. The Hall–Kier alpha value is -4.39. The number of hydrogen-bond donors (Lipinski definition) is 1. The summed E-state index contributed by atoms with van der Waals surface area (Å²) in [6.45, 7) is 1.86. The molecule has 3 aromatic carbocycles. The second kappa shape index (κ2) is 10.3. The van der Waals surface area contributed by atoms with Crippen molar-refractivity contribution in [2.45, 2.75) is 6.92 Å². The number of hydrogen-bond acceptors (Lipinski definition) is 6. The number of nitrogens with one attached hydrogen (secondary N) is 1. The monoisotopic (exact) mass is 473 g/mol. The Morgan fingerprint density at radius 1 is 0.829 bits per heavy atom. The summed E-state index contributed by atoms with van der Waals surface area (Å²) in [7, 11) is 6.34. The molecule has 7 nitrogen and oxygen atoms in total. The SMILES string of the molecule is COc1ccc(-c2coc3cc(OC)c(/C(C)=C/C(=O)Nc4cc(OC)ccc4OC)cc23)cc1. The van der Waals surface area contributed by atoms with E-state index in [0.29, 0.717) is 28.5 Å². The molecule has 0 saturated carbocycles. The number of carbonyl (C=O) groups is 1. The number of benzene rings is 3. The topological polar surface area (TPSA) is 79.2 Å². The number of anilines is 1. The third kappa shape index (κ3) is 4.94. The van der Waals surface area contributed by atoms with Gasteiger partial charge in [-0.25, -0.2) is 0 Å². The second-order valence-electron chi connectivity index (χ2n) is 7.81. The number of methoxy groups -OCH3 is 4. The van der Waals surface area contributed by atoms with Crippen molar-refractivity contribution in [2.75, 3.05) is 33.8 Å². The van der Waals surface area contributed by atoms with Gasteiger partial charge in [-0.3, -0.25) is 4.79 Å². The summed E-state index contributed by atoms with van der Waals surface area (Å²) < 4.78 is 27.3. The molecule has 0 aliphatic carbocycles. The van der Waals surface area contributed by atoms with Gasteiger partial charge in [0.25, 0.3) is 0 Å². The molecule has 1 amide bonds. The van der Waals surface area contributed by atoms with Crippen molar-refractivity contribution in [2.24, 2.45) is 0 Å². The van der Waals surface area contributed by atoms with E-state index in [2.05, 4.69) is 5.32 Å². The van der Waals surface area contributed by atoms with Crippen LogP contribution in [-0.2, 0) is 4.79 Å². The number of allylic oxidation sites excluding steroid dienone is 1. The van der Waals surface area contributed by atoms with Crippen LogP contribution in [0.25, 0.3) is 27.7 Å². The molecule has 0 spiro atoms. The molecule has 4 rings (SSSR count). The molecule has 0 aliphatic rings. The third-order valence-electron chi connectivity index (χ3n) is 5.73. The van der Waals surface area contributed by atoms with Gasteiger partial charge in [-0.2, -0.15) is 0 Å². The highest BCUT2D eigenvalue weighted by Gasteiger charge is 2.16. The zero-order chi connectivity index (χ0) is 24.9. The van der Waals surface area contributed by atoms with E-state index in [1.54, 1.807) is 52.9 Å². The third-order valence-corrected chi connectivity index (χ3v) is 5.73. The Balaban J connectivity index is 1.69. The van der Waals surface area contributed by atoms with E-state index in [4.69, 9.17) is 23.4 Å². The number of furan rings is 1. The molecular weight excluding hydrogens is 446 g/mol. The fraction of sp³-hybridized carbons (Fsp3) is 0.179. The fourth-order valence-electron chi connectivity index (χ4n) is 3.88. The van der Waals surface area contributed by atoms with Crippen molar-refractivity contribution < 1.29 is 28.2 Å². The minimum atomic E-state index is -0.307. The average molecular weight is 474 g/mol. The van der Waals surface area contributed by atoms with Crippen LogP contribution in [0.3, 0.4) is 0 Å². The highest BCUT2D eigenvalue weighted by molar-refractivity contribution is 6.06. The van der Waals surface area contributed by atoms with Crippen molar-refractivity contribution >= 4 is 28.1 Å².